The molecule has 1 N–H and O–H groups in total. The van der Waals surface area contributed by atoms with E-state index in [0.29, 0.717) is 24.0 Å². The van der Waals surface area contributed by atoms with Crippen LogP contribution in [0.4, 0.5) is 8.78 Å². The fraction of sp³-hybridized carbons (Fsp3) is 0.769. The molecule has 0 aromatic carbocycles. The van der Waals surface area contributed by atoms with E-state index in [1.54, 1.807) is 16.8 Å². The highest BCUT2D eigenvalue weighted by molar-refractivity contribution is 7.09. The zero-order chi connectivity index (χ0) is 25.4. The zero-order valence-corrected chi connectivity index (χ0v) is 22.3. The van der Waals surface area contributed by atoms with Gasteiger partial charge in [-0.15, -0.1) is 21.5 Å². The van der Waals surface area contributed by atoms with E-state index in [1.165, 1.54) is 12.8 Å². The minimum absolute atomic E-state index is 0.0881. The second-order valence-electron chi connectivity index (χ2n) is 11.3. The van der Waals surface area contributed by atoms with Crippen molar-refractivity contribution < 1.29 is 13.6 Å². The maximum absolute atomic E-state index is 13.6. The van der Waals surface area contributed by atoms with E-state index in [1.807, 2.05) is 6.20 Å². The summed E-state index contributed by atoms with van der Waals surface area (Å²) in [6.07, 6.45) is 7.36. The van der Waals surface area contributed by atoms with Crippen LogP contribution in [0.1, 0.15) is 106 Å². The molecule has 4 heterocycles. The number of nitrogens with one attached hydrogen (secondary N) is 1. The van der Waals surface area contributed by atoms with Crippen LogP contribution in [0.5, 0.6) is 0 Å². The summed E-state index contributed by atoms with van der Waals surface area (Å²) in [7, 11) is 0. The van der Waals surface area contributed by atoms with Crippen LogP contribution in [0.15, 0.2) is 11.7 Å². The molecule has 2 aliphatic heterocycles. The molecule has 10 heteroatoms. The molecule has 1 amide bonds. The Morgan fingerprint density at radius 3 is 2.44 bits per heavy atom. The van der Waals surface area contributed by atoms with Crippen LogP contribution in [0.2, 0.25) is 0 Å². The van der Waals surface area contributed by atoms with Crippen molar-refractivity contribution in [1.82, 2.24) is 30.0 Å². The van der Waals surface area contributed by atoms with E-state index >= 15 is 0 Å². The lowest BCUT2D eigenvalue weighted by molar-refractivity contribution is -0.130. The number of hydrogen-bond acceptors (Lipinski definition) is 6. The number of nitrogens with zero attached hydrogens (tertiary/aromatic N) is 5. The number of carbonyl (C=O) groups excluding carboxylic acids is 1. The molecule has 2 bridgehead atoms. The van der Waals surface area contributed by atoms with Crippen molar-refractivity contribution in [2.24, 2.45) is 5.92 Å². The van der Waals surface area contributed by atoms with Crippen molar-refractivity contribution in [1.29, 1.82) is 0 Å². The van der Waals surface area contributed by atoms with Gasteiger partial charge in [0.15, 0.2) is 0 Å². The Kier molecular flexibility index (Phi) is 7.45. The lowest BCUT2D eigenvalue weighted by Crippen LogP contribution is -2.45. The lowest BCUT2D eigenvalue weighted by Gasteiger charge is -2.40. The van der Waals surface area contributed by atoms with Crippen LogP contribution in [0.25, 0.3) is 0 Å². The van der Waals surface area contributed by atoms with Crippen molar-refractivity contribution in [2.75, 3.05) is 6.54 Å². The number of halogens is 2. The highest BCUT2D eigenvalue weighted by Crippen LogP contribution is 2.43. The molecule has 1 aliphatic carbocycles. The van der Waals surface area contributed by atoms with Crippen molar-refractivity contribution >= 4 is 17.2 Å². The smallest absolute Gasteiger partial charge is 0.248 e. The van der Waals surface area contributed by atoms with Gasteiger partial charge in [0, 0.05) is 60.4 Å². The number of aryl methyl sites for hydroxylation is 1. The predicted molar refractivity (Wildman–Crippen MR) is 135 cm³/mol. The predicted octanol–water partition coefficient (Wildman–Crippen LogP) is 5.41. The van der Waals surface area contributed by atoms with Crippen LogP contribution in [-0.4, -0.2) is 55.1 Å². The molecule has 7 nitrogen and oxygen atoms in total. The summed E-state index contributed by atoms with van der Waals surface area (Å²) in [4.78, 5) is 20.9. The quantitative estimate of drug-likeness (QED) is 0.504. The molecule has 0 unspecified atom stereocenters. The van der Waals surface area contributed by atoms with Crippen molar-refractivity contribution in [3.63, 3.8) is 0 Å². The summed E-state index contributed by atoms with van der Waals surface area (Å²) in [5.41, 5.74) is 1.79. The molecule has 2 aromatic rings. The average molecular weight is 521 g/mol. The molecule has 198 valence electrons. The first-order chi connectivity index (χ1) is 17.2. The van der Waals surface area contributed by atoms with E-state index in [9.17, 15) is 13.6 Å². The van der Waals surface area contributed by atoms with Crippen molar-refractivity contribution in [2.45, 2.75) is 115 Å². The maximum Gasteiger partial charge on any atom is 0.248 e. The summed E-state index contributed by atoms with van der Waals surface area (Å²) >= 11 is 1.55. The Hall–Kier alpha value is -1.94. The summed E-state index contributed by atoms with van der Waals surface area (Å²) < 4.78 is 29.5. The summed E-state index contributed by atoms with van der Waals surface area (Å²) in [5.74, 6) is -0.602. The molecule has 1 saturated carbocycles. The van der Waals surface area contributed by atoms with Gasteiger partial charge in [0.1, 0.15) is 11.6 Å². The standard InChI is InChI=1S/C26H38F2N6OS/c1-16(2)24-32-31-17(3)34(24)21-12-19-4-5-20(13-21)33(19)11-8-22(23-14-29-15-36-23)30-25(35)18-6-9-26(27,28)10-7-18/h14-16,18-22H,4-13H2,1-3H3,(H,30,35)/t19-,20+,21-,22-/m0/s1. The van der Waals surface area contributed by atoms with Gasteiger partial charge >= 0.3 is 0 Å². The minimum atomic E-state index is -2.62. The van der Waals surface area contributed by atoms with E-state index < -0.39 is 5.92 Å². The lowest BCUT2D eigenvalue weighted by atomic mass is 9.86. The van der Waals surface area contributed by atoms with Gasteiger partial charge in [0.2, 0.25) is 11.8 Å². The largest absolute Gasteiger partial charge is 0.348 e. The third-order valence-electron chi connectivity index (χ3n) is 8.51. The van der Waals surface area contributed by atoms with E-state index in [2.05, 4.69) is 50.7 Å². The molecule has 36 heavy (non-hydrogen) atoms. The van der Waals surface area contributed by atoms with Gasteiger partial charge in [-0.3, -0.25) is 14.7 Å². The molecular formula is C26H38F2N6OS. The third-order valence-corrected chi connectivity index (χ3v) is 9.40. The summed E-state index contributed by atoms with van der Waals surface area (Å²) in [6, 6.07) is 1.35. The molecule has 5 rings (SSSR count). The number of piperidine rings is 1. The Morgan fingerprint density at radius 1 is 1.14 bits per heavy atom. The number of thiazole rings is 1. The van der Waals surface area contributed by atoms with Crippen molar-refractivity contribution in [3.05, 3.63) is 28.2 Å². The van der Waals surface area contributed by atoms with Gasteiger partial charge < -0.3 is 9.88 Å². The maximum atomic E-state index is 13.6. The topological polar surface area (TPSA) is 75.9 Å². The fourth-order valence-corrected chi connectivity index (χ4v) is 7.31. The number of aromatic nitrogens is 4. The van der Waals surface area contributed by atoms with Crippen LogP contribution < -0.4 is 5.32 Å². The van der Waals surface area contributed by atoms with Crippen LogP contribution in [0.3, 0.4) is 0 Å². The molecule has 3 fully saturated rings. The van der Waals surface area contributed by atoms with Crippen LogP contribution in [-0.2, 0) is 4.79 Å². The normalized spacial score (nSPS) is 27.4. The van der Waals surface area contributed by atoms with E-state index in [-0.39, 0.29) is 43.6 Å². The molecule has 0 spiro atoms. The average Bonchev–Trinajstić information content (AvgIpc) is 3.55. The molecule has 2 aromatic heterocycles. The number of hydrogen-bond donors (Lipinski definition) is 1. The number of amides is 1. The number of alkyl halides is 2. The van der Waals surface area contributed by atoms with E-state index in [4.69, 9.17) is 0 Å². The van der Waals surface area contributed by atoms with Crippen LogP contribution >= 0.6 is 11.3 Å². The highest BCUT2D eigenvalue weighted by Gasteiger charge is 2.42. The number of carbonyl (C=O) groups is 1. The van der Waals surface area contributed by atoms with Gasteiger partial charge in [-0.05, 0) is 51.9 Å². The van der Waals surface area contributed by atoms with E-state index in [0.717, 1.165) is 42.3 Å². The Bertz CT molecular complexity index is 1020. The molecule has 3 aliphatic rings. The minimum Gasteiger partial charge on any atom is -0.348 e. The Morgan fingerprint density at radius 2 is 1.83 bits per heavy atom. The number of fused-ring (bicyclic) bond motifs is 2. The van der Waals surface area contributed by atoms with Crippen LogP contribution in [0, 0.1) is 12.8 Å². The molecule has 4 atom stereocenters. The first-order valence-electron chi connectivity index (χ1n) is 13.5. The highest BCUT2D eigenvalue weighted by atomic mass is 32.1. The van der Waals surface area contributed by atoms with Gasteiger partial charge in [0.25, 0.3) is 0 Å². The summed E-state index contributed by atoms with van der Waals surface area (Å²) in [5, 5.41) is 12.0. The van der Waals surface area contributed by atoms with Crippen molar-refractivity contribution in [3.8, 4) is 0 Å². The Balaban J connectivity index is 1.22. The Labute approximate surface area is 216 Å². The van der Waals surface area contributed by atoms with Gasteiger partial charge in [-0.2, -0.15) is 0 Å². The number of rotatable bonds is 8. The fourth-order valence-electron chi connectivity index (χ4n) is 6.61. The molecular weight excluding hydrogens is 482 g/mol. The second-order valence-corrected chi connectivity index (χ2v) is 12.2. The van der Waals surface area contributed by atoms with Gasteiger partial charge in [-0.25, -0.2) is 8.78 Å². The molecule has 0 radical (unpaired) electrons. The monoisotopic (exact) mass is 520 g/mol. The van der Waals surface area contributed by atoms with Gasteiger partial charge in [0.05, 0.1) is 11.6 Å². The third kappa shape index (κ3) is 5.35. The first-order valence-corrected chi connectivity index (χ1v) is 14.3. The second kappa shape index (κ2) is 10.4. The first kappa shape index (κ1) is 25.7. The zero-order valence-electron chi connectivity index (χ0n) is 21.5. The van der Waals surface area contributed by atoms with Gasteiger partial charge in [-0.1, -0.05) is 13.8 Å². The SMILES string of the molecule is Cc1nnc(C(C)C)n1[C@@H]1C[C@H]2CC[C@@H](C1)N2CC[C@H](NC(=O)C1CCC(F)(F)CC1)c1cncs1. The molecule has 2 saturated heterocycles. The summed E-state index contributed by atoms with van der Waals surface area (Å²) in [6.45, 7) is 7.32.